The van der Waals surface area contributed by atoms with Crippen molar-refractivity contribution in [2.75, 3.05) is 46.2 Å². The molecule has 0 spiro atoms. The summed E-state index contributed by atoms with van der Waals surface area (Å²) in [7, 11) is 5.04. The highest BCUT2D eigenvalue weighted by Gasteiger charge is 2.12. The van der Waals surface area contributed by atoms with Crippen LogP contribution >= 0.6 is 0 Å². The van der Waals surface area contributed by atoms with Crippen molar-refractivity contribution >= 4 is 23.5 Å². The van der Waals surface area contributed by atoms with Gasteiger partial charge in [0.05, 0.1) is 25.3 Å². The summed E-state index contributed by atoms with van der Waals surface area (Å²) in [6.07, 6.45) is 0. The lowest BCUT2D eigenvalue weighted by atomic mass is 10.2. The quantitative estimate of drug-likeness (QED) is 0.752. The Balaban J connectivity index is 2.51. The number of likely N-dealkylation sites (N-methyl/N-ethyl adjacent to an activating group) is 2. The molecule has 1 N–H and O–H groups in total. The lowest BCUT2D eigenvalue weighted by Crippen LogP contribution is -2.38. The van der Waals surface area contributed by atoms with Crippen molar-refractivity contribution in [3.63, 3.8) is 0 Å². The lowest BCUT2D eigenvalue weighted by Gasteiger charge is -2.18. The van der Waals surface area contributed by atoms with Gasteiger partial charge < -0.3 is 15.0 Å². The van der Waals surface area contributed by atoms with Crippen LogP contribution in [-0.4, -0.2) is 68.4 Å². The van der Waals surface area contributed by atoms with E-state index in [1.807, 2.05) is 0 Å². The lowest BCUT2D eigenvalue weighted by molar-refractivity contribution is -0.130. The van der Waals surface area contributed by atoms with Crippen molar-refractivity contribution in [3.8, 4) is 0 Å². The maximum Gasteiger partial charge on any atom is 0.338 e. The van der Waals surface area contributed by atoms with E-state index in [2.05, 4.69) is 5.32 Å². The van der Waals surface area contributed by atoms with Gasteiger partial charge in [0.15, 0.2) is 0 Å². The first kappa shape index (κ1) is 18.6. The number of amides is 2. The van der Waals surface area contributed by atoms with Crippen LogP contribution in [0.3, 0.4) is 0 Å². The zero-order chi connectivity index (χ0) is 17.4. The standard InChI is InChI=1S/C16H23N3O4/c1-5-23-16(22)12-6-8-13(9-7-12)17-14(20)10-19(4)11-15(21)18(2)3/h6-9H,5,10-11H2,1-4H3,(H,17,20). The number of benzene rings is 1. The van der Waals surface area contributed by atoms with Gasteiger partial charge in [0.25, 0.3) is 0 Å². The van der Waals surface area contributed by atoms with E-state index in [1.54, 1.807) is 57.2 Å². The number of hydrogen-bond acceptors (Lipinski definition) is 5. The molecule has 0 aromatic heterocycles. The van der Waals surface area contributed by atoms with Crippen LogP contribution in [0.1, 0.15) is 17.3 Å². The monoisotopic (exact) mass is 321 g/mol. The number of rotatable bonds is 7. The van der Waals surface area contributed by atoms with Gasteiger partial charge in [-0.25, -0.2) is 4.79 Å². The Bertz CT molecular complexity index is 555. The second-order valence-electron chi connectivity index (χ2n) is 5.31. The summed E-state index contributed by atoms with van der Waals surface area (Å²) in [6.45, 7) is 2.32. The molecule has 126 valence electrons. The molecule has 1 aromatic carbocycles. The van der Waals surface area contributed by atoms with Gasteiger partial charge in [-0.05, 0) is 38.2 Å². The molecule has 7 nitrogen and oxygen atoms in total. The number of carbonyl (C=O) groups is 3. The van der Waals surface area contributed by atoms with Crippen molar-refractivity contribution in [1.82, 2.24) is 9.80 Å². The first-order chi connectivity index (χ1) is 10.8. The maximum atomic E-state index is 11.9. The van der Waals surface area contributed by atoms with E-state index in [0.717, 1.165) is 0 Å². The van der Waals surface area contributed by atoms with Gasteiger partial charge in [0.1, 0.15) is 0 Å². The molecule has 0 bridgehead atoms. The van der Waals surface area contributed by atoms with Crippen LogP contribution in [0.25, 0.3) is 0 Å². The van der Waals surface area contributed by atoms with Crippen LogP contribution in [0.4, 0.5) is 5.69 Å². The third-order valence-electron chi connectivity index (χ3n) is 3.00. The molecule has 1 aromatic rings. The number of hydrogen-bond donors (Lipinski definition) is 1. The molecule has 0 saturated carbocycles. The molecule has 1 rings (SSSR count). The Morgan fingerprint density at radius 3 is 2.17 bits per heavy atom. The molecule has 7 heteroatoms. The minimum Gasteiger partial charge on any atom is -0.462 e. The zero-order valence-electron chi connectivity index (χ0n) is 14.0. The second kappa shape index (κ2) is 8.89. The summed E-state index contributed by atoms with van der Waals surface area (Å²) in [5, 5.41) is 2.72. The molecule has 23 heavy (non-hydrogen) atoms. The van der Waals surface area contributed by atoms with Gasteiger partial charge >= 0.3 is 5.97 Å². The van der Waals surface area contributed by atoms with Crippen LogP contribution in [0.2, 0.25) is 0 Å². The molecule has 0 radical (unpaired) electrons. The highest BCUT2D eigenvalue weighted by molar-refractivity contribution is 5.94. The molecule has 0 saturated heterocycles. The molecule has 2 amide bonds. The molecule has 0 unspecified atom stereocenters. The molecule has 0 aliphatic heterocycles. The van der Waals surface area contributed by atoms with Crippen LogP contribution in [0, 0.1) is 0 Å². The van der Waals surface area contributed by atoms with E-state index >= 15 is 0 Å². The van der Waals surface area contributed by atoms with Gasteiger partial charge in [-0.2, -0.15) is 0 Å². The normalized spacial score (nSPS) is 10.3. The third kappa shape index (κ3) is 6.48. The fourth-order valence-electron chi connectivity index (χ4n) is 1.78. The van der Waals surface area contributed by atoms with Crippen LogP contribution in [0.15, 0.2) is 24.3 Å². The van der Waals surface area contributed by atoms with Gasteiger partial charge in [-0.3, -0.25) is 14.5 Å². The fourth-order valence-corrected chi connectivity index (χ4v) is 1.78. The number of esters is 1. The Morgan fingerprint density at radius 1 is 1.04 bits per heavy atom. The van der Waals surface area contributed by atoms with E-state index < -0.39 is 5.97 Å². The van der Waals surface area contributed by atoms with E-state index in [9.17, 15) is 14.4 Å². The highest BCUT2D eigenvalue weighted by Crippen LogP contribution is 2.10. The average Bonchev–Trinajstić information content (AvgIpc) is 2.47. The van der Waals surface area contributed by atoms with Crippen LogP contribution in [-0.2, 0) is 14.3 Å². The molecule has 0 heterocycles. The summed E-state index contributed by atoms with van der Waals surface area (Å²) >= 11 is 0. The van der Waals surface area contributed by atoms with Crippen molar-refractivity contribution in [2.24, 2.45) is 0 Å². The first-order valence-corrected chi connectivity index (χ1v) is 7.29. The molecule has 0 atom stereocenters. The molecule has 0 aliphatic rings. The largest absolute Gasteiger partial charge is 0.462 e. The van der Waals surface area contributed by atoms with Gasteiger partial charge in [-0.1, -0.05) is 0 Å². The Hall–Kier alpha value is -2.41. The number of ether oxygens (including phenoxy) is 1. The summed E-state index contributed by atoms with van der Waals surface area (Å²) in [5.74, 6) is -0.700. The maximum absolute atomic E-state index is 11.9. The van der Waals surface area contributed by atoms with E-state index in [4.69, 9.17) is 4.74 Å². The number of anilines is 1. The Labute approximate surface area is 136 Å². The second-order valence-corrected chi connectivity index (χ2v) is 5.31. The molecule has 0 aliphatic carbocycles. The molecular formula is C16H23N3O4. The fraction of sp³-hybridized carbons (Fsp3) is 0.438. The third-order valence-corrected chi connectivity index (χ3v) is 3.00. The van der Waals surface area contributed by atoms with Gasteiger partial charge in [-0.15, -0.1) is 0 Å². The summed E-state index contributed by atoms with van der Waals surface area (Å²) in [5.41, 5.74) is 1.01. The van der Waals surface area contributed by atoms with Crippen molar-refractivity contribution in [1.29, 1.82) is 0 Å². The summed E-state index contributed by atoms with van der Waals surface area (Å²) < 4.78 is 4.89. The summed E-state index contributed by atoms with van der Waals surface area (Å²) in [6, 6.07) is 6.45. The van der Waals surface area contributed by atoms with Crippen molar-refractivity contribution in [2.45, 2.75) is 6.92 Å². The highest BCUT2D eigenvalue weighted by atomic mass is 16.5. The minimum atomic E-state index is -0.396. The zero-order valence-corrected chi connectivity index (χ0v) is 14.0. The predicted molar refractivity (Wildman–Crippen MR) is 87.2 cm³/mol. The van der Waals surface area contributed by atoms with E-state index in [1.165, 1.54) is 4.90 Å². The van der Waals surface area contributed by atoms with Crippen molar-refractivity contribution in [3.05, 3.63) is 29.8 Å². The van der Waals surface area contributed by atoms with Gasteiger partial charge in [0.2, 0.25) is 11.8 Å². The number of carbonyl (C=O) groups excluding carboxylic acids is 3. The number of nitrogens with zero attached hydrogens (tertiary/aromatic N) is 2. The average molecular weight is 321 g/mol. The molecular weight excluding hydrogens is 298 g/mol. The topological polar surface area (TPSA) is 79.0 Å². The SMILES string of the molecule is CCOC(=O)c1ccc(NC(=O)CN(C)CC(=O)N(C)C)cc1. The smallest absolute Gasteiger partial charge is 0.338 e. The summed E-state index contributed by atoms with van der Waals surface area (Å²) in [4.78, 5) is 38.1. The number of nitrogens with one attached hydrogen (secondary N) is 1. The van der Waals surface area contributed by atoms with Crippen LogP contribution < -0.4 is 5.32 Å². The Kier molecular flexibility index (Phi) is 7.21. The minimum absolute atomic E-state index is 0.0703. The van der Waals surface area contributed by atoms with E-state index in [0.29, 0.717) is 17.9 Å². The van der Waals surface area contributed by atoms with E-state index in [-0.39, 0.29) is 24.9 Å². The predicted octanol–water partition coefficient (Wildman–Crippen LogP) is 0.822. The van der Waals surface area contributed by atoms with Gasteiger partial charge in [0, 0.05) is 19.8 Å². The van der Waals surface area contributed by atoms with Crippen LogP contribution in [0.5, 0.6) is 0 Å². The Morgan fingerprint density at radius 2 is 1.65 bits per heavy atom. The first-order valence-electron chi connectivity index (χ1n) is 7.29. The van der Waals surface area contributed by atoms with Crippen molar-refractivity contribution < 1.29 is 19.1 Å². The molecule has 0 fully saturated rings.